The van der Waals surface area contributed by atoms with E-state index < -0.39 is 6.10 Å². The minimum absolute atomic E-state index is 0.0983. The molecule has 0 radical (unpaired) electrons. The Morgan fingerprint density at radius 1 is 0.318 bits per heavy atom. The molecule has 6 heteroatoms. The predicted molar refractivity (Wildman–Crippen MR) is 284 cm³/mol. The monoisotopic (exact) mass is 919 g/mol. The van der Waals surface area contributed by atoms with Crippen molar-refractivity contribution in [1.82, 2.24) is 0 Å². The van der Waals surface area contributed by atoms with E-state index in [1.807, 2.05) is 0 Å². The number of carbonyl (C=O) groups is 3. The van der Waals surface area contributed by atoms with Crippen LogP contribution in [0, 0.1) is 0 Å². The van der Waals surface area contributed by atoms with Crippen LogP contribution in [0.25, 0.3) is 0 Å². The molecule has 0 rings (SSSR count). The van der Waals surface area contributed by atoms with Crippen molar-refractivity contribution >= 4 is 17.9 Å². The predicted octanol–water partition coefficient (Wildman–Crippen LogP) is 18.4. The van der Waals surface area contributed by atoms with E-state index in [9.17, 15) is 14.4 Å². The van der Waals surface area contributed by atoms with Crippen molar-refractivity contribution in [2.75, 3.05) is 13.2 Å². The molecular formula is C60H102O6. The lowest BCUT2D eigenvalue weighted by Crippen LogP contribution is -2.30. The van der Waals surface area contributed by atoms with Crippen LogP contribution in [0.4, 0.5) is 0 Å². The zero-order chi connectivity index (χ0) is 47.9. The van der Waals surface area contributed by atoms with Gasteiger partial charge in [0.15, 0.2) is 6.10 Å². The molecule has 1 atom stereocenters. The molecule has 0 spiro atoms. The Hall–Kier alpha value is -3.41. The number of carbonyl (C=O) groups excluding carboxylic acids is 3. The van der Waals surface area contributed by atoms with Crippen molar-refractivity contribution < 1.29 is 28.6 Å². The van der Waals surface area contributed by atoms with Gasteiger partial charge in [0.25, 0.3) is 0 Å². The third-order valence-corrected chi connectivity index (χ3v) is 11.6. The smallest absolute Gasteiger partial charge is 0.306 e. The second kappa shape index (κ2) is 54.2. The van der Waals surface area contributed by atoms with Gasteiger partial charge in [-0.2, -0.15) is 0 Å². The molecular weight excluding hydrogens is 817 g/mol. The van der Waals surface area contributed by atoms with Gasteiger partial charge in [0.05, 0.1) is 0 Å². The molecule has 0 saturated carbocycles. The number of hydrogen-bond acceptors (Lipinski definition) is 6. The first-order chi connectivity index (χ1) is 32.5. The van der Waals surface area contributed by atoms with Crippen molar-refractivity contribution in [3.63, 3.8) is 0 Å². The average molecular weight is 919 g/mol. The number of esters is 3. The highest BCUT2D eigenvalue weighted by atomic mass is 16.6. The molecule has 378 valence electrons. The molecule has 0 heterocycles. The van der Waals surface area contributed by atoms with Crippen LogP contribution < -0.4 is 0 Å². The summed E-state index contributed by atoms with van der Waals surface area (Å²) < 4.78 is 16.8. The minimum Gasteiger partial charge on any atom is -0.462 e. The SMILES string of the molecule is CC/C=C\C/C=C\C/C=C\C/C=C\CCCCC(=O)OC(COC(=O)CCCCCCC/C=C\CCCCC)COC(=O)CCCCCCCCCCC/C=C\C/C=C\CCCCCCC. The summed E-state index contributed by atoms with van der Waals surface area (Å²) in [5.74, 6) is -0.952. The topological polar surface area (TPSA) is 78.9 Å². The van der Waals surface area contributed by atoms with Crippen LogP contribution in [0.1, 0.15) is 258 Å². The number of hydrogen-bond donors (Lipinski definition) is 0. The van der Waals surface area contributed by atoms with Crippen LogP contribution in [-0.2, 0) is 28.6 Å². The Bertz CT molecular complexity index is 1290. The summed E-state index contributed by atoms with van der Waals surface area (Å²) in [6.45, 7) is 6.45. The largest absolute Gasteiger partial charge is 0.462 e. The van der Waals surface area contributed by atoms with E-state index in [1.54, 1.807) is 0 Å². The molecule has 0 fully saturated rings. The lowest BCUT2D eigenvalue weighted by Gasteiger charge is -2.18. The third kappa shape index (κ3) is 51.6. The summed E-state index contributed by atoms with van der Waals surface area (Å²) in [4.78, 5) is 38.0. The van der Waals surface area contributed by atoms with Crippen molar-refractivity contribution in [3.8, 4) is 0 Å². The molecule has 0 aliphatic carbocycles. The maximum Gasteiger partial charge on any atom is 0.306 e. The zero-order valence-corrected chi connectivity index (χ0v) is 43.2. The summed E-state index contributed by atoms with van der Waals surface area (Å²) in [5.41, 5.74) is 0. The molecule has 0 N–H and O–H groups in total. The van der Waals surface area contributed by atoms with E-state index in [2.05, 4.69) is 106 Å². The van der Waals surface area contributed by atoms with Gasteiger partial charge >= 0.3 is 17.9 Å². The van der Waals surface area contributed by atoms with Gasteiger partial charge in [0, 0.05) is 19.3 Å². The number of ether oxygens (including phenoxy) is 3. The van der Waals surface area contributed by atoms with Gasteiger partial charge in [-0.05, 0) is 116 Å². The lowest BCUT2D eigenvalue weighted by molar-refractivity contribution is -0.167. The molecule has 0 aromatic carbocycles. The average Bonchev–Trinajstić information content (AvgIpc) is 3.31. The molecule has 6 nitrogen and oxygen atoms in total. The van der Waals surface area contributed by atoms with Crippen LogP contribution in [0.3, 0.4) is 0 Å². The fourth-order valence-corrected chi connectivity index (χ4v) is 7.46. The van der Waals surface area contributed by atoms with Gasteiger partial charge in [-0.25, -0.2) is 0 Å². The fourth-order valence-electron chi connectivity index (χ4n) is 7.46. The number of unbranched alkanes of at least 4 members (excludes halogenated alkanes) is 24. The summed E-state index contributed by atoms with van der Waals surface area (Å²) >= 11 is 0. The standard InChI is InChI=1S/C60H102O6/c1-4-7-10-13-16-19-22-25-27-28-29-30-31-32-34-35-38-41-44-47-50-53-59(62)65-56-57(55-64-58(61)52-49-46-43-40-37-24-21-18-15-12-9-6-3)66-60(63)54-51-48-45-42-39-36-33-26-23-20-17-14-11-8-5-2/h8,11,17-18,20-22,25-26,28-29,33,39,42,57H,4-7,9-10,12-16,19,23-24,27,30-32,34-38,40-41,43-56H2,1-3H3/b11-8-,20-17-,21-18-,25-22-,29-28-,33-26-,42-39-. The third-order valence-electron chi connectivity index (χ3n) is 11.6. The molecule has 0 aliphatic heterocycles. The van der Waals surface area contributed by atoms with Crippen LogP contribution in [0.5, 0.6) is 0 Å². The molecule has 66 heavy (non-hydrogen) atoms. The molecule has 1 unspecified atom stereocenters. The summed E-state index contributed by atoms with van der Waals surface area (Å²) in [5, 5.41) is 0. The second-order valence-electron chi connectivity index (χ2n) is 18.1. The number of rotatable bonds is 49. The molecule has 0 aliphatic rings. The lowest BCUT2D eigenvalue weighted by atomic mass is 10.1. The summed E-state index contributed by atoms with van der Waals surface area (Å²) in [7, 11) is 0. The Kier molecular flexibility index (Phi) is 51.4. The highest BCUT2D eigenvalue weighted by molar-refractivity contribution is 5.71. The van der Waals surface area contributed by atoms with Gasteiger partial charge in [-0.3, -0.25) is 14.4 Å². The Balaban J connectivity index is 4.40. The Labute approximate surface area is 407 Å². The van der Waals surface area contributed by atoms with E-state index in [0.29, 0.717) is 19.3 Å². The van der Waals surface area contributed by atoms with Gasteiger partial charge in [0.2, 0.25) is 0 Å². The fraction of sp³-hybridized carbons (Fsp3) is 0.717. The van der Waals surface area contributed by atoms with Gasteiger partial charge < -0.3 is 14.2 Å². The van der Waals surface area contributed by atoms with E-state index in [4.69, 9.17) is 14.2 Å². The molecule has 0 aromatic heterocycles. The van der Waals surface area contributed by atoms with E-state index in [-0.39, 0.29) is 37.5 Å². The quantitative estimate of drug-likeness (QED) is 0.0262. The summed E-state index contributed by atoms with van der Waals surface area (Å²) in [6.07, 6.45) is 70.0. The molecule has 0 saturated heterocycles. The minimum atomic E-state index is -0.803. The van der Waals surface area contributed by atoms with Gasteiger partial charge in [-0.1, -0.05) is 209 Å². The first kappa shape index (κ1) is 62.6. The van der Waals surface area contributed by atoms with Crippen LogP contribution >= 0.6 is 0 Å². The summed E-state index contributed by atoms with van der Waals surface area (Å²) in [6, 6.07) is 0. The van der Waals surface area contributed by atoms with Crippen LogP contribution in [0.15, 0.2) is 85.1 Å². The van der Waals surface area contributed by atoms with E-state index in [1.165, 1.54) is 116 Å². The first-order valence-electron chi connectivity index (χ1n) is 27.6. The first-order valence-corrected chi connectivity index (χ1v) is 27.6. The highest BCUT2D eigenvalue weighted by Crippen LogP contribution is 2.14. The van der Waals surface area contributed by atoms with Crippen LogP contribution in [-0.4, -0.2) is 37.2 Å². The Morgan fingerprint density at radius 3 is 1.00 bits per heavy atom. The van der Waals surface area contributed by atoms with Crippen molar-refractivity contribution in [1.29, 1.82) is 0 Å². The maximum atomic E-state index is 12.8. The van der Waals surface area contributed by atoms with Gasteiger partial charge in [-0.15, -0.1) is 0 Å². The van der Waals surface area contributed by atoms with Crippen LogP contribution in [0.2, 0.25) is 0 Å². The van der Waals surface area contributed by atoms with Crippen molar-refractivity contribution in [3.05, 3.63) is 85.1 Å². The highest BCUT2D eigenvalue weighted by Gasteiger charge is 2.19. The zero-order valence-electron chi connectivity index (χ0n) is 43.2. The molecule has 0 amide bonds. The van der Waals surface area contributed by atoms with Crippen molar-refractivity contribution in [2.24, 2.45) is 0 Å². The maximum absolute atomic E-state index is 12.8. The van der Waals surface area contributed by atoms with E-state index in [0.717, 1.165) is 96.3 Å². The van der Waals surface area contributed by atoms with Gasteiger partial charge in [0.1, 0.15) is 13.2 Å². The Morgan fingerprint density at radius 2 is 0.591 bits per heavy atom. The van der Waals surface area contributed by atoms with E-state index >= 15 is 0 Å². The van der Waals surface area contributed by atoms with Crippen molar-refractivity contribution in [2.45, 2.75) is 264 Å². The molecule has 0 aromatic rings. The number of allylic oxidation sites excluding steroid dienone is 14. The normalized spacial score (nSPS) is 12.7. The molecule has 0 bridgehead atoms. The second-order valence-corrected chi connectivity index (χ2v) is 18.1.